The van der Waals surface area contributed by atoms with Gasteiger partial charge >= 0.3 is 0 Å². The van der Waals surface area contributed by atoms with Gasteiger partial charge in [-0.1, -0.05) is 43.7 Å². The van der Waals surface area contributed by atoms with Crippen LogP contribution in [0.25, 0.3) is 0 Å². The SMILES string of the molecule is CCCC(NCC1CCCS1)c1ccccc1. The highest BCUT2D eigenvalue weighted by atomic mass is 32.2. The quantitative estimate of drug-likeness (QED) is 0.817. The zero-order chi connectivity index (χ0) is 11.9. The number of hydrogen-bond acceptors (Lipinski definition) is 2. The van der Waals surface area contributed by atoms with E-state index in [2.05, 4.69) is 54.3 Å². The molecule has 0 radical (unpaired) electrons. The molecule has 2 heteroatoms. The van der Waals surface area contributed by atoms with Crippen LogP contribution in [-0.2, 0) is 0 Å². The molecule has 1 N–H and O–H groups in total. The molecule has 0 aromatic heterocycles. The van der Waals surface area contributed by atoms with Crippen LogP contribution in [0.4, 0.5) is 0 Å². The van der Waals surface area contributed by atoms with Gasteiger partial charge in [0, 0.05) is 17.8 Å². The van der Waals surface area contributed by atoms with Gasteiger partial charge in [-0.3, -0.25) is 0 Å². The summed E-state index contributed by atoms with van der Waals surface area (Å²) in [5.74, 6) is 1.36. The molecule has 1 aliphatic rings. The zero-order valence-corrected chi connectivity index (χ0v) is 11.5. The Labute approximate surface area is 109 Å². The van der Waals surface area contributed by atoms with Gasteiger partial charge in [-0.25, -0.2) is 0 Å². The topological polar surface area (TPSA) is 12.0 Å². The molecule has 0 spiro atoms. The Morgan fingerprint density at radius 2 is 2.18 bits per heavy atom. The third-order valence-corrected chi connectivity index (χ3v) is 4.79. The van der Waals surface area contributed by atoms with E-state index in [-0.39, 0.29) is 0 Å². The summed E-state index contributed by atoms with van der Waals surface area (Å²) >= 11 is 2.14. The minimum atomic E-state index is 0.544. The monoisotopic (exact) mass is 249 g/mol. The van der Waals surface area contributed by atoms with Crippen LogP contribution in [-0.4, -0.2) is 17.5 Å². The Hall–Kier alpha value is -0.470. The lowest BCUT2D eigenvalue weighted by Gasteiger charge is -2.20. The summed E-state index contributed by atoms with van der Waals surface area (Å²) in [6, 6.07) is 11.4. The molecule has 1 aliphatic heterocycles. The Kier molecular flexibility index (Phi) is 5.40. The van der Waals surface area contributed by atoms with Crippen LogP contribution in [0.15, 0.2) is 30.3 Å². The summed E-state index contributed by atoms with van der Waals surface area (Å²) in [4.78, 5) is 0. The molecular formula is C15H23NS. The first-order chi connectivity index (χ1) is 8.40. The molecule has 0 saturated carbocycles. The third-order valence-electron chi connectivity index (χ3n) is 3.40. The minimum absolute atomic E-state index is 0.544. The predicted molar refractivity (Wildman–Crippen MR) is 77.6 cm³/mol. The smallest absolute Gasteiger partial charge is 0.0320 e. The van der Waals surface area contributed by atoms with Crippen LogP contribution in [0.2, 0.25) is 0 Å². The molecule has 2 atom stereocenters. The van der Waals surface area contributed by atoms with Gasteiger partial charge in [0.05, 0.1) is 0 Å². The maximum atomic E-state index is 3.76. The molecule has 94 valence electrons. The summed E-state index contributed by atoms with van der Waals surface area (Å²) in [6.45, 7) is 3.44. The van der Waals surface area contributed by atoms with E-state index in [0.29, 0.717) is 6.04 Å². The van der Waals surface area contributed by atoms with Crippen molar-refractivity contribution < 1.29 is 0 Å². The lowest BCUT2D eigenvalue weighted by molar-refractivity contribution is 0.489. The Morgan fingerprint density at radius 1 is 1.35 bits per heavy atom. The first-order valence-electron chi connectivity index (χ1n) is 6.80. The molecule has 1 nitrogen and oxygen atoms in total. The molecule has 17 heavy (non-hydrogen) atoms. The molecule has 2 rings (SSSR count). The summed E-state index contributed by atoms with van der Waals surface area (Å²) in [5.41, 5.74) is 1.44. The Bertz CT molecular complexity index is 306. The van der Waals surface area contributed by atoms with Gasteiger partial charge < -0.3 is 5.32 Å². The normalized spacial score (nSPS) is 21.6. The minimum Gasteiger partial charge on any atom is -0.309 e. The fourth-order valence-corrected chi connectivity index (χ4v) is 3.65. The number of rotatable bonds is 6. The van der Waals surface area contributed by atoms with E-state index in [1.165, 1.54) is 43.5 Å². The largest absolute Gasteiger partial charge is 0.309 e. The second-order valence-electron chi connectivity index (χ2n) is 4.80. The molecule has 1 heterocycles. The van der Waals surface area contributed by atoms with Crippen LogP contribution in [0.5, 0.6) is 0 Å². The molecule has 1 saturated heterocycles. The Morgan fingerprint density at radius 3 is 2.82 bits per heavy atom. The van der Waals surface area contributed by atoms with Gasteiger partial charge in [-0.2, -0.15) is 11.8 Å². The van der Waals surface area contributed by atoms with Crippen molar-refractivity contribution in [3.05, 3.63) is 35.9 Å². The van der Waals surface area contributed by atoms with E-state index < -0.39 is 0 Å². The standard InChI is InChI=1S/C15H23NS/c1-2-7-15(13-8-4-3-5-9-13)16-12-14-10-6-11-17-14/h3-5,8-9,14-16H,2,6-7,10-12H2,1H3. The van der Waals surface area contributed by atoms with Crippen LogP contribution >= 0.6 is 11.8 Å². The number of nitrogens with one attached hydrogen (secondary N) is 1. The molecule has 0 bridgehead atoms. The highest BCUT2D eigenvalue weighted by Crippen LogP contribution is 2.26. The van der Waals surface area contributed by atoms with Gasteiger partial charge in [-0.15, -0.1) is 0 Å². The van der Waals surface area contributed by atoms with Crippen molar-refractivity contribution in [1.82, 2.24) is 5.32 Å². The van der Waals surface area contributed by atoms with E-state index >= 15 is 0 Å². The molecule has 0 aliphatic carbocycles. The van der Waals surface area contributed by atoms with Crippen LogP contribution in [0.1, 0.15) is 44.2 Å². The Balaban J connectivity index is 1.88. The number of hydrogen-bond donors (Lipinski definition) is 1. The van der Waals surface area contributed by atoms with Crippen molar-refractivity contribution in [1.29, 1.82) is 0 Å². The number of thioether (sulfide) groups is 1. The summed E-state index contributed by atoms with van der Waals surface area (Å²) in [7, 11) is 0. The average Bonchev–Trinajstić information content (AvgIpc) is 2.88. The first kappa shape index (κ1) is 13.0. The van der Waals surface area contributed by atoms with Crippen molar-refractivity contribution in [3.8, 4) is 0 Å². The van der Waals surface area contributed by atoms with Gasteiger partial charge in [-0.05, 0) is 30.6 Å². The zero-order valence-electron chi connectivity index (χ0n) is 10.7. The van der Waals surface area contributed by atoms with Crippen molar-refractivity contribution in [2.45, 2.75) is 43.9 Å². The van der Waals surface area contributed by atoms with E-state index in [1.54, 1.807) is 0 Å². The summed E-state index contributed by atoms with van der Waals surface area (Å²) in [6.07, 6.45) is 5.28. The third kappa shape index (κ3) is 4.04. The second kappa shape index (κ2) is 7.07. The predicted octanol–water partition coefficient (Wildman–Crippen LogP) is 4.01. The number of benzene rings is 1. The first-order valence-corrected chi connectivity index (χ1v) is 7.85. The van der Waals surface area contributed by atoms with Crippen LogP contribution < -0.4 is 5.32 Å². The van der Waals surface area contributed by atoms with Gasteiger partial charge in [0.1, 0.15) is 0 Å². The van der Waals surface area contributed by atoms with E-state index in [9.17, 15) is 0 Å². The lowest BCUT2D eigenvalue weighted by Crippen LogP contribution is -2.27. The van der Waals surface area contributed by atoms with E-state index in [0.717, 1.165) is 5.25 Å². The van der Waals surface area contributed by atoms with Gasteiger partial charge in [0.15, 0.2) is 0 Å². The molecule has 2 unspecified atom stereocenters. The fraction of sp³-hybridized carbons (Fsp3) is 0.600. The summed E-state index contributed by atoms with van der Waals surface area (Å²) < 4.78 is 0. The van der Waals surface area contributed by atoms with Crippen molar-refractivity contribution in [3.63, 3.8) is 0 Å². The fourth-order valence-electron chi connectivity index (χ4n) is 2.44. The maximum absolute atomic E-state index is 3.76. The van der Waals surface area contributed by atoms with Crippen LogP contribution in [0, 0.1) is 0 Å². The average molecular weight is 249 g/mol. The lowest BCUT2D eigenvalue weighted by atomic mass is 10.0. The highest BCUT2D eigenvalue weighted by molar-refractivity contribution is 8.00. The van der Waals surface area contributed by atoms with Gasteiger partial charge in [0.2, 0.25) is 0 Å². The molecule has 1 aromatic carbocycles. The highest BCUT2D eigenvalue weighted by Gasteiger charge is 2.17. The van der Waals surface area contributed by atoms with Crippen molar-refractivity contribution in [2.24, 2.45) is 0 Å². The molecule has 0 amide bonds. The van der Waals surface area contributed by atoms with E-state index in [4.69, 9.17) is 0 Å². The molecule has 1 aromatic rings. The van der Waals surface area contributed by atoms with Gasteiger partial charge in [0.25, 0.3) is 0 Å². The molecular weight excluding hydrogens is 226 g/mol. The van der Waals surface area contributed by atoms with Crippen LogP contribution in [0.3, 0.4) is 0 Å². The summed E-state index contributed by atoms with van der Waals surface area (Å²) in [5, 5.41) is 4.60. The second-order valence-corrected chi connectivity index (χ2v) is 6.20. The van der Waals surface area contributed by atoms with E-state index in [1.807, 2.05) is 0 Å². The van der Waals surface area contributed by atoms with Crippen molar-refractivity contribution >= 4 is 11.8 Å². The van der Waals surface area contributed by atoms with Crippen molar-refractivity contribution in [2.75, 3.05) is 12.3 Å². The molecule has 1 fully saturated rings. The maximum Gasteiger partial charge on any atom is 0.0320 e.